The second-order valence-electron chi connectivity index (χ2n) is 4.94. The molecule has 0 bridgehead atoms. The van der Waals surface area contributed by atoms with Gasteiger partial charge in [-0.15, -0.1) is 0 Å². The topological polar surface area (TPSA) is 96.2 Å². The van der Waals surface area contributed by atoms with Crippen molar-refractivity contribution in [1.82, 2.24) is 5.01 Å². The summed E-state index contributed by atoms with van der Waals surface area (Å²) in [5, 5.41) is 9.19. The Morgan fingerprint density at radius 3 is 2.50 bits per heavy atom. The Kier molecular flexibility index (Phi) is 4.80. The zero-order valence-corrected chi connectivity index (χ0v) is 12.9. The molecule has 0 spiro atoms. The number of amides is 1. The molecule has 0 saturated carbocycles. The van der Waals surface area contributed by atoms with Crippen LogP contribution in [-0.4, -0.2) is 17.1 Å². The number of nitrogens with two attached hydrogens (primary N) is 2. The van der Waals surface area contributed by atoms with E-state index in [-0.39, 0.29) is 5.91 Å². The highest BCUT2D eigenvalue weighted by Crippen LogP contribution is 2.30. The van der Waals surface area contributed by atoms with Gasteiger partial charge in [0.15, 0.2) is 0 Å². The van der Waals surface area contributed by atoms with Gasteiger partial charge in [-0.25, -0.2) is 5.84 Å². The van der Waals surface area contributed by atoms with Crippen molar-refractivity contribution in [2.24, 2.45) is 5.84 Å². The highest BCUT2D eigenvalue weighted by Gasteiger charge is 2.10. The molecule has 0 saturated heterocycles. The molecule has 2 rings (SSSR count). The van der Waals surface area contributed by atoms with Crippen LogP contribution in [0.3, 0.4) is 0 Å². The summed E-state index contributed by atoms with van der Waals surface area (Å²) < 4.78 is 0. The smallest absolute Gasteiger partial charge is 0.233 e. The number of nitrogens with one attached hydrogen (secondary N) is 1. The molecule has 0 fully saturated rings. The lowest BCUT2D eigenvalue weighted by Gasteiger charge is -2.15. The first-order valence-electron chi connectivity index (χ1n) is 6.64. The number of carbonyl (C=O) groups is 1. The van der Waals surface area contributed by atoms with Crippen LogP contribution in [0.1, 0.15) is 18.1 Å². The van der Waals surface area contributed by atoms with Crippen LogP contribution in [0, 0.1) is 5.41 Å². The van der Waals surface area contributed by atoms with Crippen LogP contribution in [0.25, 0.3) is 11.1 Å². The van der Waals surface area contributed by atoms with Gasteiger partial charge in [-0.1, -0.05) is 35.9 Å². The van der Waals surface area contributed by atoms with E-state index in [4.69, 9.17) is 28.6 Å². The van der Waals surface area contributed by atoms with Crippen molar-refractivity contribution in [3.05, 3.63) is 52.5 Å². The van der Waals surface area contributed by atoms with Crippen LogP contribution in [-0.2, 0) is 11.3 Å². The Labute approximate surface area is 134 Å². The minimum Gasteiger partial charge on any atom is -0.398 e. The largest absolute Gasteiger partial charge is 0.398 e. The van der Waals surface area contributed by atoms with Crippen molar-refractivity contribution in [3.63, 3.8) is 0 Å². The molecule has 6 heteroatoms. The molecular formula is C16H17ClN4O. The molecule has 5 N–H and O–H groups in total. The fourth-order valence-electron chi connectivity index (χ4n) is 2.14. The number of halogens is 1. The van der Waals surface area contributed by atoms with Gasteiger partial charge in [-0.3, -0.25) is 9.80 Å². The molecule has 0 aromatic heterocycles. The minimum atomic E-state index is -0.196. The first-order chi connectivity index (χ1) is 10.4. The summed E-state index contributed by atoms with van der Waals surface area (Å²) in [5.74, 6) is 5.41. The van der Waals surface area contributed by atoms with Gasteiger partial charge in [0.25, 0.3) is 0 Å². The lowest BCUT2D eigenvalue weighted by molar-refractivity contribution is -0.129. The first kappa shape index (κ1) is 16.0. The van der Waals surface area contributed by atoms with Crippen LogP contribution in [0.4, 0.5) is 5.69 Å². The highest BCUT2D eigenvalue weighted by molar-refractivity contribution is 6.31. The maximum absolute atomic E-state index is 11.1. The van der Waals surface area contributed by atoms with Crippen molar-refractivity contribution < 1.29 is 4.79 Å². The Hall–Kier alpha value is -2.37. The number of benzene rings is 2. The van der Waals surface area contributed by atoms with E-state index in [1.165, 1.54) is 13.1 Å². The minimum absolute atomic E-state index is 0.196. The molecule has 2 aromatic carbocycles. The molecule has 0 atom stereocenters. The molecule has 0 radical (unpaired) electrons. The van der Waals surface area contributed by atoms with Crippen LogP contribution in [0.15, 0.2) is 36.4 Å². The molecule has 2 aromatic rings. The SMILES string of the molecule is CC(=O)N(N)Cc1ccc(-c2cc(Cl)cc(N)c2C=N)cc1. The third-order valence-corrected chi connectivity index (χ3v) is 3.56. The van der Waals surface area contributed by atoms with Gasteiger partial charge in [0, 0.05) is 29.4 Å². The van der Waals surface area contributed by atoms with Crippen molar-refractivity contribution in [1.29, 1.82) is 5.41 Å². The average Bonchev–Trinajstić information content (AvgIpc) is 2.47. The zero-order valence-electron chi connectivity index (χ0n) is 12.1. The highest BCUT2D eigenvalue weighted by atomic mass is 35.5. The van der Waals surface area contributed by atoms with E-state index in [1.807, 2.05) is 24.3 Å². The molecule has 0 aliphatic rings. The maximum Gasteiger partial charge on any atom is 0.233 e. The summed E-state index contributed by atoms with van der Waals surface area (Å²) in [5.41, 5.74) is 9.59. The van der Waals surface area contributed by atoms with Crippen LogP contribution >= 0.6 is 11.6 Å². The van der Waals surface area contributed by atoms with Gasteiger partial charge in [0.2, 0.25) is 5.91 Å². The number of nitrogen functional groups attached to an aromatic ring is 1. The number of nitrogens with zero attached hydrogens (tertiary/aromatic N) is 1. The van der Waals surface area contributed by atoms with E-state index in [0.717, 1.165) is 21.7 Å². The second-order valence-corrected chi connectivity index (χ2v) is 5.38. The maximum atomic E-state index is 11.1. The molecular weight excluding hydrogens is 300 g/mol. The van der Waals surface area contributed by atoms with Crippen LogP contribution < -0.4 is 11.6 Å². The van der Waals surface area contributed by atoms with Crippen molar-refractivity contribution >= 4 is 29.4 Å². The van der Waals surface area contributed by atoms with Crippen LogP contribution in [0.5, 0.6) is 0 Å². The third-order valence-electron chi connectivity index (χ3n) is 3.34. The Bertz CT molecular complexity index is 713. The molecule has 0 aliphatic heterocycles. The molecule has 0 aliphatic carbocycles. The summed E-state index contributed by atoms with van der Waals surface area (Å²) in [6.45, 7) is 1.75. The standard InChI is InChI=1S/C16H17ClN4O/c1-10(22)21(20)9-11-2-4-12(5-3-11)14-6-13(17)7-16(19)15(14)8-18/h2-8,18H,9,19-20H2,1H3. The number of hydrazine groups is 1. The Morgan fingerprint density at radius 2 is 1.95 bits per heavy atom. The Morgan fingerprint density at radius 1 is 1.32 bits per heavy atom. The summed E-state index contributed by atoms with van der Waals surface area (Å²) in [7, 11) is 0. The van der Waals surface area contributed by atoms with Gasteiger partial charge >= 0.3 is 0 Å². The molecule has 22 heavy (non-hydrogen) atoms. The number of rotatable bonds is 4. The van der Waals surface area contributed by atoms with Gasteiger partial charge in [0.05, 0.1) is 6.54 Å². The molecule has 1 amide bonds. The fraction of sp³-hybridized carbons (Fsp3) is 0.125. The summed E-state index contributed by atoms with van der Waals surface area (Å²) in [6.07, 6.45) is 1.21. The van der Waals surface area contributed by atoms with E-state index < -0.39 is 0 Å². The van der Waals surface area contributed by atoms with E-state index in [0.29, 0.717) is 22.8 Å². The second kappa shape index (κ2) is 6.60. The third kappa shape index (κ3) is 3.44. The first-order valence-corrected chi connectivity index (χ1v) is 7.01. The van der Waals surface area contributed by atoms with E-state index in [2.05, 4.69) is 0 Å². The number of hydrogen-bond donors (Lipinski definition) is 3. The molecule has 0 unspecified atom stereocenters. The van der Waals surface area contributed by atoms with Crippen molar-refractivity contribution in [2.45, 2.75) is 13.5 Å². The van der Waals surface area contributed by atoms with Gasteiger partial charge < -0.3 is 11.1 Å². The van der Waals surface area contributed by atoms with E-state index in [9.17, 15) is 4.79 Å². The normalized spacial score (nSPS) is 10.3. The quantitative estimate of drug-likeness (QED) is 0.266. The van der Waals surface area contributed by atoms with Gasteiger partial charge in [-0.2, -0.15) is 0 Å². The molecule has 0 heterocycles. The molecule has 5 nitrogen and oxygen atoms in total. The monoisotopic (exact) mass is 316 g/mol. The van der Waals surface area contributed by atoms with Gasteiger partial charge in [0.1, 0.15) is 0 Å². The predicted octanol–water partition coefficient (Wildman–Crippen LogP) is 2.81. The lowest BCUT2D eigenvalue weighted by Crippen LogP contribution is -2.34. The predicted molar refractivity (Wildman–Crippen MR) is 89.6 cm³/mol. The number of hydrogen-bond acceptors (Lipinski definition) is 4. The van der Waals surface area contributed by atoms with E-state index in [1.54, 1.807) is 12.1 Å². The Balaban J connectivity index is 2.35. The van der Waals surface area contributed by atoms with Crippen molar-refractivity contribution in [3.8, 4) is 11.1 Å². The fourth-order valence-corrected chi connectivity index (χ4v) is 2.36. The van der Waals surface area contributed by atoms with Gasteiger partial charge in [-0.05, 0) is 28.8 Å². The summed E-state index contributed by atoms with van der Waals surface area (Å²) in [4.78, 5) is 11.1. The van der Waals surface area contributed by atoms with Crippen LogP contribution in [0.2, 0.25) is 5.02 Å². The summed E-state index contributed by atoms with van der Waals surface area (Å²) >= 11 is 6.05. The lowest BCUT2D eigenvalue weighted by atomic mass is 9.98. The average molecular weight is 317 g/mol. The van der Waals surface area contributed by atoms with Crippen molar-refractivity contribution in [2.75, 3.05) is 5.73 Å². The van der Waals surface area contributed by atoms with E-state index >= 15 is 0 Å². The number of anilines is 1. The number of carbonyl (C=O) groups excluding carboxylic acids is 1. The summed E-state index contributed by atoms with van der Waals surface area (Å²) in [6, 6.07) is 10.9. The zero-order chi connectivity index (χ0) is 16.3. The molecule has 114 valence electrons.